The van der Waals surface area contributed by atoms with Crippen molar-refractivity contribution in [1.29, 1.82) is 0 Å². The summed E-state index contributed by atoms with van der Waals surface area (Å²) in [6.07, 6.45) is 3.59. The van der Waals surface area contributed by atoms with Crippen LogP contribution < -0.4 is 17.1 Å². The Balaban J connectivity index is 2.30. The highest BCUT2D eigenvalue weighted by Gasteiger charge is 2.34. The minimum Gasteiger partial charge on any atom is -0.507 e. The van der Waals surface area contributed by atoms with E-state index in [0.717, 1.165) is 5.56 Å². The lowest BCUT2D eigenvalue weighted by Crippen LogP contribution is -2.37. The number of para-hydroxylation sites is 1. The summed E-state index contributed by atoms with van der Waals surface area (Å²) in [6.45, 7) is 11.1. The van der Waals surface area contributed by atoms with Crippen LogP contribution in [0.2, 0.25) is 0 Å². The van der Waals surface area contributed by atoms with Gasteiger partial charge < -0.3 is 21.0 Å². The topological polar surface area (TPSA) is 130 Å². The summed E-state index contributed by atoms with van der Waals surface area (Å²) in [5, 5.41) is 19.9. The van der Waals surface area contributed by atoms with Gasteiger partial charge in [-0.1, -0.05) is 54.6 Å². The second kappa shape index (κ2) is 11.8. The molecule has 0 aliphatic rings. The molecule has 0 aliphatic heterocycles. The van der Waals surface area contributed by atoms with E-state index in [2.05, 4.69) is 28.3 Å². The maximum atomic E-state index is 13.3. The quantitative estimate of drug-likeness (QED) is 0.128. The highest BCUT2D eigenvalue weighted by Crippen LogP contribution is 2.39. The summed E-state index contributed by atoms with van der Waals surface area (Å²) in [4.78, 5) is 15.4. The van der Waals surface area contributed by atoms with Gasteiger partial charge in [0.25, 0.3) is 0 Å². The first-order valence-electron chi connectivity index (χ1n) is 11.2. The second-order valence-corrected chi connectivity index (χ2v) is 8.20. The highest BCUT2D eigenvalue weighted by molar-refractivity contribution is 5.89. The van der Waals surface area contributed by atoms with Crippen molar-refractivity contribution in [2.45, 2.75) is 12.8 Å². The molecule has 35 heavy (non-hydrogen) atoms. The van der Waals surface area contributed by atoms with Crippen LogP contribution in [-0.4, -0.2) is 41.3 Å². The van der Waals surface area contributed by atoms with E-state index < -0.39 is 17.5 Å². The van der Waals surface area contributed by atoms with E-state index in [9.17, 15) is 9.90 Å². The van der Waals surface area contributed by atoms with Crippen LogP contribution >= 0.6 is 0 Å². The second-order valence-electron chi connectivity index (χ2n) is 8.20. The van der Waals surface area contributed by atoms with Crippen LogP contribution in [0, 0.1) is 5.92 Å². The number of nitrogens with zero attached hydrogens (tertiary/aromatic N) is 3. The van der Waals surface area contributed by atoms with Crippen LogP contribution in [0.15, 0.2) is 99.3 Å². The Labute approximate surface area is 204 Å². The van der Waals surface area contributed by atoms with Crippen LogP contribution in [0.5, 0.6) is 5.75 Å². The molecule has 1 aromatic heterocycles. The smallest absolute Gasteiger partial charge is 0.343 e. The third kappa shape index (κ3) is 6.04. The minimum atomic E-state index is -0.617. The molecule has 3 aromatic rings. The number of aromatic hydroxyl groups is 1. The van der Waals surface area contributed by atoms with Crippen molar-refractivity contribution in [3.63, 3.8) is 0 Å². The van der Waals surface area contributed by atoms with Gasteiger partial charge in [-0.05, 0) is 24.6 Å². The Morgan fingerprint density at radius 3 is 2.31 bits per heavy atom. The number of nitrogens with two attached hydrogens (primary N) is 2. The van der Waals surface area contributed by atoms with Gasteiger partial charge in [0.1, 0.15) is 11.3 Å². The Hall–Kier alpha value is -4.17. The fourth-order valence-corrected chi connectivity index (χ4v) is 4.24. The number of benzene rings is 2. The number of hydrogen-bond donors (Lipinski definition) is 3. The zero-order valence-corrected chi connectivity index (χ0v) is 19.8. The first-order chi connectivity index (χ1) is 16.9. The van der Waals surface area contributed by atoms with Gasteiger partial charge in [-0.25, -0.2) is 4.79 Å². The molecule has 0 amide bonds. The molecule has 0 unspecified atom stereocenters. The molecule has 182 valence electrons. The maximum Gasteiger partial charge on any atom is 0.343 e. The van der Waals surface area contributed by atoms with Gasteiger partial charge in [-0.3, -0.25) is 4.90 Å². The van der Waals surface area contributed by atoms with Crippen LogP contribution in [0.25, 0.3) is 11.0 Å². The monoisotopic (exact) mass is 473 g/mol. The average molecular weight is 474 g/mol. The molecule has 0 saturated heterocycles. The number of fused-ring (bicyclic) bond motifs is 1. The van der Waals surface area contributed by atoms with E-state index in [4.69, 9.17) is 15.9 Å². The van der Waals surface area contributed by atoms with Crippen LogP contribution in [-0.2, 0) is 0 Å². The minimum absolute atomic E-state index is 0.121. The fourth-order valence-electron chi connectivity index (χ4n) is 4.24. The van der Waals surface area contributed by atoms with E-state index in [0.29, 0.717) is 36.3 Å². The van der Waals surface area contributed by atoms with Gasteiger partial charge in [0, 0.05) is 37.2 Å². The van der Waals surface area contributed by atoms with E-state index in [1.54, 1.807) is 43.3 Å². The van der Waals surface area contributed by atoms with Crippen LogP contribution in [0.4, 0.5) is 0 Å². The molecule has 5 N–H and O–H groups in total. The van der Waals surface area contributed by atoms with Crippen LogP contribution in [0.1, 0.15) is 24.0 Å². The van der Waals surface area contributed by atoms with Crippen molar-refractivity contribution in [3.8, 4) is 5.75 Å². The summed E-state index contributed by atoms with van der Waals surface area (Å²) in [5.41, 5.74) is 12.3. The van der Waals surface area contributed by atoms with Crippen molar-refractivity contribution in [2.75, 3.05) is 19.6 Å². The zero-order chi connectivity index (χ0) is 25.4. The number of guanidine groups is 1. The van der Waals surface area contributed by atoms with E-state index in [-0.39, 0.29) is 17.3 Å². The Bertz CT molecular complexity index is 1280. The molecule has 0 bridgehead atoms. The molecule has 8 heteroatoms. The largest absolute Gasteiger partial charge is 0.507 e. The number of hydrogen-bond acceptors (Lipinski definition) is 6. The Morgan fingerprint density at radius 2 is 1.69 bits per heavy atom. The van der Waals surface area contributed by atoms with Crippen molar-refractivity contribution < 1.29 is 9.52 Å². The molecular formula is C27H31N5O3. The van der Waals surface area contributed by atoms with Gasteiger partial charge in [-0.2, -0.15) is 5.10 Å². The molecule has 0 saturated carbocycles. The fraction of sp³-hybridized carbons (Fsp3) is 0.222. The highest BCUT2D eigenvalue weighted by atomic mass is 16.4. The molecule has 2 aromatic carbocycles. The number of rotatable bonds is 11. The molecule has 8 nitrogen and oxygen atoms in total. The standard InChI is InChI=1S/C27H31N5O3/c1-4-15-32(16-5-2)17-21(18(3)30-31-27(28)29)23(19-11-7-6-8-12-19)24-25(33)20-13-9-10-14-22(20)35-26(24)34/h4-14,21,23,33H,1-2,15-17H2,3H3,(H4,28,29,31)/b30-18-/t21-,23-/m0/s1. The summed E-state index contributed by atoms with van der Waals surface area (Å²) in [7, 11) is 0. The van der Waals surface area contributed by atoms with Crippen molar-refractivity contribution in [1.82, 2.24) is 4.90 Å². The van der Waals surface area contributed by atoms with Crippen molar-refractivity contribution >= 4 is 22.6 Å². The van der Waals surface area contributed by atoms with Gasteiger partial charge in [0.15, 0.2) is 0 Å². The van der Waals surface area contributed by atoms with Gasteiger partial charge in [0.05, 0.1) is 10.9 Å². The summed E-state index contributed by atoms with van der Waals surface area (Å²) < 4.78 is 5.64. The van der Waals surface area contributed by atoms with Crippen LogP contribution in [0.3, 0.4) is 0 Å². The van der Waals surface area contributed by atoms with Gasteiger partial charge in [-0.15, -0.1) is 18.3 Å². The lowest BCUT2D eigenvalue weighted by atomic mass is 9.78. The van der Waals surface area contributed by atoms with E-state index in [1.165, 1.54) is 0 Å². The lowest BCUT2D eigenvalue weighted by molar-refractivity contribution is 0.293. The first kappa shape index (κ1) is 25.5. The third-order valence-corrected chi connectivity index (χ3v) is 5.78. The predicted octanol–water partition coefficient (Wildman–Crippen LogP) is 3.57. The predicted molar refractivity (Wildman–Crippen MR) is 142 cm³/mol. The normalized spacial score (nSPS) is 13.4. The molecule has 0 aliphatic carbocycles. The van der Waals surface area contributed by atoms with Gasteiger partial charge in [0.2, 0.25) is 5.96 Å². The summed E-state index contributed by atoms with van der Waals surface area (Å²) in [5.74, 6) is -1.31. The average Bonchev–Trinajstić information content (AvgIpc) is 2.84. The van der Waals surface area contributed by atoms with Crippen molar-refractivity contribution in [2.24, 2.45) is 27.6 Å². The van der Waals surface area contributed by atoms with E-state index >= 15 is 0 Å². The summed E-state index contributed by atoms with van der Waals surface area (Å²) >= 11 is 0. The SMILES string of the molecule is C=CCN(CC=C)C[C@@H](/C(C)=N\N=C(N)N)[C@H](c1ccccc1)c1c(O)c2ccccc2oc1=O. The first-order valence-corrected chi connectivity index (χ1v) is 11.2. The van der Waals surface area contributed by atoms with Gasteiger partial charge >= 0.3 is 5.63 Å². The molecule has 1 heterocycles. The molecule has 2 atom stereocenters. The molecular weight excluding hydrogens is 442 g/mol. The van der Waals surface area contributed by atoms with Crippen molar-refractivity contribution in [3.05, 3.63) is 101 Å². The Kier molecular flexibility index (Phi) is 8.58. The zero-order valence-electron chi connectivity index (χ0n) is 19.8. The Morgan fingerprint density at radius 1 is 1.06 bits per heavy atom. The molecule has 0 fully saturated rings. The molecule has 0 radical (unpaired) electrons. The third-order valence-electron chi connectivity index (χ3n) is 5.78. The molecule has 0 spiro atoms. The molecule has 3 rings (SSSR count). The lowest BCUT2D eigenvalue weighted by Gasteiger charge is -2.32. The summed E-state index contributed by atoms with van der Waals surface area (Å²) in [6, 6.07) is 16.4. The van der Waals surface area contributed by atoms with E-state index in [1.807, 2.05) is 30.3 Å². The maximum absolute atomic E-state index is 13.3.